The Hall–Kier alpha value is -1.62. The van der Waals surface area contributed by atoms with E-state index in [1.54, 1.807) is 6.20 Å². The predicted molar refractivity (Wildman–Crippen MR) is 72.0 cm³/mol. The molecule has 1 aliphatic heterocycles. The molecule has 1 aliphatic rings. The average Bonchev–Trinajstić information content (AvgIpc) is 3.08. The first kappa shape index (κ1) is 15.4. The van der Waals surface area contributed by atoms with Crippen molar-refractivity contribution in [3.8, 4) is 0 Å². The molecular weight excluding hydrogens is 242 g/mol. The van der Waals surface area contributed by atoms with Gasteiger partial charge in [0.2, 0.25) is 6.33 Å². The normalized spacial score (nSPS) is 17.6. The lowest BCUT2D eigenvalue weighted by Crippen LogP contribution is -2.41. The second-order valence-corrected chi connectivity index (χ2v) is 4.60. The maximum atomic E-state index is 10.0. The first-order chi connectivity index (χ1) is 9.17. The summed E-state index contributed by atoms with van der Waals surface area (Å²) >= 11 is 0. The molecule has 2 rings (SSSR count). The van der Waals surface area contributed by atoms with Gasteiger partial charge in [0.1, 0.15) is 12.4 Å². The highest BCUT2D eigenvalue weighted by molar-refractivity contribution is 5.71. The first-order valence-corrected chi connectivity index (χ1v) is 6.80. The van der Waals surface area contributed by atoms with Gasteiger partial charge in [0.25, 0.3) is 0 Å². The number of hydrogen-bond acceptors (Lipinski definition) is 3. The fraction of sp³-hybridized carbons (Fsp3) is 0.571. The minimum absolute atomic E-state index is 0.380. The fourth-order valence-corrected chi connectivity index (χ4v) is 1.88. The number of carbonyl (C=O) groups excluding carboxylic acids is 1. The van der Waals surface area contributed by atoms with Crippen molar-refractivity contribution >= 4 is 12.2 Å². The maximum Gasteiger partial charge on any atom is 0.248 e. The summed E-state index contributed by atoms with van der Waals surface area (Å²) in [6, 6.07) is -0.380. The summed E-state index contributed by atoms with van der Waals surface area (Å²) in [5, 5.41) is 12.8. The molecule has 1 atom stereocenters. The molecule has 106 valence electrons. The zero-order valence-corrected chi connectivity index (χ0v) is 11.5. The van der Waals surface area contributed by atoms with Crippen LogP contribution in [0.3, 0.4) is 0 Å². The molecule has 0 bridgehead atoms. The number of carboxylic acids is 1. The molecule has 5 nitrogen and oxygen atoms in total. The Balaban J connectivity index is 0.000000200. The van der Waals surface area contributed by atoms with Gasteiger partial charge < -0.3 is 15.2 Å². The fourth-order valence-electron chi connectivity index (χ4n) is 1.88. The summed E-state index contributed by atoms with van der Waals surface area (Å²) < 4.78 is 4.13. The highest BCUT2D eigenvalue weighted by Gasteiger charge is 2.13. The van der Waals surface area contributed by atoms with Crippen molar-refractivity contribution in [1.29, 1.82) is 0 Å². The third-order valence-electron chi connectivity index (χ3n) is 3.04. The third kappa shape index (κ3) is 5.70. The van der Waals surface area contributed by atoms with Crippen LogP contribution in [0, 0.1) is 0 Å². The van der Waals surface area contributed by atoms with E-state index in [2.05, 4.69) is 29.6 Å². The predicted octanol–water partition coefficient (Wildman–Crippen LogP) is 0.165. The number of unbranched alkanes of at least 4 members (excludes halogenated alkanes) is 1. The summed E-state index contributed by atoms with van der Waals surface area (Å²) in [6.45, 7) is 7.80. The SMILES string of the molecule is C=Cn1cc[n+](CCCC)c1.O=C([O-])[C@@H]1CCCN1. The number of rotatable bonds is 5. The highest BCUT2D eigenvalue weighted by atomic mass is 16.4. The molecule has 0 unspecified atom stereocenters. The van der Waals surface area contributed by atoms with Crippen molar-refractivity contribution in [2.75, 3.05) is 6.54 Å². The second kappa shape index (κ2) is 8.48. The van der Waals surface area contributed by atoms with Gasteiger partial charge in [-0.2, -0.15) is 0 Å². The molecule has 0 radical (unpaired) electrons. The van der Waals surface area contributed by atoms with Gasteiger partial charge in [0.15, 0.2) is 0 Å². The Morgan fingerprint density at radius 3 is 2.89 bits per heavy atom. The number of carboxylic acid groups (broad SMARTS) is 1. The largest absolute Gasteiger partial charge is 0.548 e. The number of nitrogens with zero attached hydrogens (tertiary/aromatic N) is 2. The number of carbonyl (C=O) groups is 1. The summed E-state index contributed by atoms with van der Waals surface area (Å²) in [5.41, 5.74) is 0. The van der Waals surface area contributed by atoms with Gasteiger partial charge in [-0.25, -0.2) is 9.13 Å². The molecule has 1 fully saturated rings. The lowest BCUT2D eigenvalue weighted by atomic mass is 10.2. The van der Waals surface area contributed by atoms with Gasteiger partial charge in [-0.05, 0) is 25.8 Å². The van der Waals surface area contributed by atoms with Crippen LogP contribution in [-0.2, 0) is 11.3 Å². The number of aliphatic carboxylic acids is 1. The minimum atomic E-state index is -0.970. The molecule has 2 heterocycles. The van der Waals surface area contributed by atoms with Crippen molar-refractivity contribution in [3.05, 3.63) is 25.3 Å². The second-order valence-electron chi connectivity index (χ2n) is 4.60. The van der Waals surface area contributed by atoms with Crippen LogP contribution in [0.5, 0.6) is 0 Å². The molecule has 5 heteroatoms. The molecule has 0 amide bonds. The summed E-state index contributed by atoms with van der Waals surface area (Å²) in [5.74, 6) is -0.970. The van der Waals surface area contributed by atoms with Crippen LogP contribution < -0.4 is 15.0 Å². The molecule has 0 spiro atoms. The molecule has 0 aromatic carbocycles. The Morgan fingerprint density at radius 2 is 2.47 bits per heavy atom. The van der Waals surface area contributed by atoms with E-state index >= 15 is 0 Å². The topological polar surface area (TPSA) is 61.0 Å². The van der Waals surface area contributed by atoms with Crippen molar-refractivity contribution in [1.82, 2.24) is 9.88 Å². The van der Waals surface area contributed by atoms with Crippen LogP contribution in [0.25, 0.3) is 6.20 Å². The molecule has 1 saturated heterocycles. The molecule has 19 heavy (non-hydrogen) atoms. The van der Waals surface area contributed by atoms with Crippen molar-refractivity contribution in [2.24, 2.45) is 0 Å². The number of aryl methyl sites for hydroxylation is 1. The maximum absolute atomic E-state index is 10.0. The molecule has 1 aromatic rings. The Bertz CT molecular complexity index is 395. The molecule has 0 aliphatic carbocycles. The molecular formula is C14H23N3O2. The zero-order valence-electron chi connectivity index (χ0n) is 11.5. The van der Waals surface area contributed by atoms with Gasteiger partial charge in [-0.3, -0.25) is 0 Å². The van der Waals surface area contributed by atoms with Gasteiger partial charge in [-0.1, -0.05) is 19.9 Å². The van der Waals surface area contributed by atoms with Crippen LogP contribution in [-0.4, -0.2) is 23.1 Å². The van der Waals surface area contributed by atoms with E-state index in [1.165, 1.54) is 12.8 Å². The Morgan fingerprint density at radius 1 is 1.68 bits per heavy atom. The quantitative estimate of drug-likeness (QED) is 0.772. The van der Waals surface area contributed by atoms with Gasteiger partial charge in [0.05, 0.1) is 18.7 Å². The number of imidazole rings is 1. The third-order valence-corrected chi connectivity index (χ3v) is 3.04. The van der Waals surface area contributed by atoms with Crippen LogP contribution in [0.1, 0.15) is 32.6 Å². The van der Waals surface area contributed by atoms with E-state index in [0.717, 1.165) is 25.9 Å². The lowest BCUT2D eigenvalue weighted by molar-refractivity contribution is -0.696. The smallest absolute Gasteiger partial charge is 0.248 e. The van der Waals surface area contributed by atoms with E-state index in [1.807, 2.05) is 17.1 Å². The van der Waals surface area contributed by atoms with E-state index in [4.69, 9.17) is 0 Å². The lowest BCUT2D eigenvalue weighted by Gasteiger charge is -2.08. The monoisotopic (exact) mass is 265 g/mol. The van der Waals surface area contributed by atoms with Crippen LogP contribution >= 0.6 is 0 Å². The number of aromatic nitrogens is 2. The molecule has 1 aromatic heterocycles. The molecule has 1 N–H and O–H groups in total. The Labute approximate surface area is 114 Å². The Kier molecular flexibility index (Phi) is 6.89. The summed E-state index contributed by atoms with van der Waals surface area (Å²) in [4.78, 5) is 10.0. The van der Waals surface area contributed by atoms with E-state index in [-0.39, 0.29) is 6.04 Å². The average molecular weight is 265 g/mol. The van der Waals surface area contributed by atoms with Crippen molar-refractivity contribution in [3.63, 3.8) is 0 Å². The van der Waals surface area contributed by atoms with Crippen LogP contribution in [0.4, 0.5) is 0 Å². The van der Waals surface area contributed by atoms with Crippen molar-refractivity contribution in [2.45, 2.75) is 45.2 Å². The first-order valence-electron chi connectivity index (χ1n) is 6.80. The summed E-state index contributed by atoms with van der Waals surface area (Å²) in [7, 11) is 0. The van der Waals surface area contributed by atoms with E-state index in [0.29, 0.717) is 0 Å². The van der Waals surface area contributed by atoms with Crippen molar-refractivity contribution < 1.29 is 14.5 Å². The van der Waals surface area contributed by atoms with Crippen LogP contribution in [0.2, 0.25) is 0 Å². The van der Waals surface area contributed by atoms with Gasteiger partial charge >= 0.3 is 0 Å². The molecule has 0 saturated carbocycles. The minimum Gasteiger partial charge on any atom is -0.548 e. The van der Waals surface area contributed by atoms with E-state index in [9.17, 15) is 9.90 Å². The van der Waals surface area contributed by atoms with Gasteiger partial charge in [-0.15, -0.1) is 0 Å². The van der Waals surface area contributed by atoms with Crippen LogP contribution in [0.15, 0.2) is 25.3 Å². The standard InChI is InChI=1S/C9H15N2.C5H9NO2/c1-3-5-6-11-8-7-10(4-2)9-11;7-5(8)4-2-1-3-6-4/h4,7-9H,2-3,5-6H2,1H3;4,6H,1-3H2,(H,7,8)/q+1;/p-1/t;4-/m.0/s1. The van der Waals surface area contributed by atoms with E-state index < -0.39 is 5.97 Å². The highest BCUT2D eigenvalue weighted by Crippen LogP contribution is 2.02. The summed E-state index contributed by atoms with van der Waals surface area (Å²) in [6.07, 6.45) is 12.1. The van der Waals surface area contributed by atoms with Gasteiger partial charge in [0, 0.05) is 6.04 Å². The number of nitrogens with one attached hydrogen (secondary N) is 1. The number of hydrogen-bond donors (Lipinski definition) is 1. The zero-order chi connectivity index (χ0) is 14.1.